The van der Waals surface area contributed by atoms with E-state index in [1.807, 2.05) is 0 Å². The molecule has 3 aromatic rings. The zero-order chi connectivity index (χ0) is 18.6. The Morgan fingerprint density at radius 3 is 2.26 bits per heavy atom. The molecule has 0 bridgehead atoms. The van der Waals surface area contributed by atoms with Crippen molar-refractivity contribution < 1.29 is 8.22 Å². The molecule has 3 nitrogen and oxygen atoms in total. The first-order valence-electron chi connectivity index (χ1n) is 8.54. The third-order valence-corrected chi connectivity index (χ3v) is 3.27. The van der Waals surface area contributed by atoms with E-state index in [2.05, 4.69) is 0 Å². The lowest BCUT2D eigenvalue weighted by atomic mass is 10.1. The first-order chi connectivity index (χ1) is 11.5. The van der Waals surface area contributed by atoms with Crippen molar-refractivity contribution in [3.8, 4) is 11.1 Å². The highest BCUT2D eigenvalue weighted by Gasteiger charge is 2.08. The molecule has 0 fully saturated rings. The van der Waals surface area contributed by atoms with Gasteiger partial charge >= 0.3 is 5.69 Å². The Hall–Kier alpha value is -2.00. The van der Waals surface area contributed by atoms with E-state index in [1.54, 1.807) is 30.3 Å². The Labute approximate surface area is 124 Å². The molecule has 0 saturated heterocycles. The molecule has 0 aliphatic rings. The minimum absolute atomic E-state index is 0.0357. The monoisotopic (exact) mass is 278 g/mol. The van der Waals surface area contributed by atoms with E-state index in [1.165, 1.54) is 12.1 Å². The smallest absolute Gasteiger partial charge is 0.295 e. The van der Waals surface area contributed by atoms with Crippen LogP contribution in [0.3, 0.4) is 0 Å². The standard InChI is InChI=1S/C15H13ClN2O/c1-17-13-8-5-11(9-14(13)18(2)15(17)19)10-3-6-12(16)7-4-10/h3-9H,1-2H3/i1D3,2D3. The lowest BCUT2D eigenvalue weighted by Gasteiger charge is -2.03. The van der Waals surface area contributed by atoms with Crippen LogP contribution < -0.4 is 5.69 Å². The number of halogens is 1. The lowest BCUT2D eigenvalue weighted by Crippen LogP contribution is -2.19. The molecule has 96 valence electrons. The predicted molar refractivity (Wildman–Crippen MR) is 78.6 cm³/mol. The van der Waals surface area contributed by atoms with Crippen molar-refractivity contribution >= 4 is 22.6 Å². The molecule has 3 rings (SSSR count). The summed E-state index contributed by atoms with van der Waals surface area (Å²) in [5.74, 6) is 0. The zero-order valence-corrected chi connectivity index (χ0v) is 10.5. The molecule has 2 aromatic carbocycles. The fourth-order valence-electron chi connectivity index (χ4n) is 2.02. The maximum Gasteiger partial charge on any atom is 0.328 e. The molecular formula is C15H13ClN2O. The molecule has 0 spiro atoms. The van der Waals surface area contributed by atoms with Gasteiger partial charge in [0.1, 0.15) is 0 Å². The van der Waals surface area contributed by atoms with E-state index in [4.69, 9.17) is 19.8 Å². The fourth-order valence-corrected chi connectivity index (χ4v) is 2.15. The fraction of sp³-hybridized carbons (Fsp3) is 0.133. The third-order valence-electron chi connectivity index (χ3n) is 3.02. The largest absolute Gasteiger partial charge is 0.328 e. The number of hydrogen-bond acceptors (Lipinski definition) is 1. The topological polar surface area (TPSA) is 26.9 Å². The van der Waals surface area contributed by atoms with Gasteiger partial charge in [-0.25, -0.2) is 4.79 Å². The second-order valence-electron chi connectivity index (χ2n) is 4.16. The molecule has 0 saturated carbocycles. The molecule has 1 heterocycles. The number of rotatable bonds is 1. The highest BCUT2D eigenvalue weighted by Crippen LogP contribution is 2.24. The second-order valence-corrected chi connectivity index (χ2v) is 4.60. The first kappa shape index (κ1) is 6.96. The van der Waals surface area contributed by atoms with E-state index in [-0.39, 0.29) is 11.0 Å². The highest BCUT2D eigenvalue weighted by atomic mass is 35.5. The van der Waals surface area contributed by atoms with Crippen LogP contribution >= 0.6 is 11.6 Å². The van der Waals surface area contributed by atoms with Gasteiger partial charge in [0.25, 0.3) is 0 Å². The van der Waals surface area contributed by atoms with Gasteiger partial charge in [0.05, 0.1) is 11.0 Å². The number of hydrogen-bond donors (Lipinski definition) is 0. The predicted octanol–water partition coefficient (Wildman–Crippen LogP) is 3.20. The van der Waals surface area contributed by atoms with Crippen LogP contribution in [0.2, 0.25) is 5.02 Å². The molecule has 19 heavy (non-hydrogen) atoms. The van der Waals surface area contributed by atoms with Crippen molar-refractivity contribution in [3.05, 3.63) is 58.0 Å². The average molecular weight is 279 g/mol. The van der Waals surface area contributed by atoms with Crippen LogP contribution in [0.15, 0.2) is 47.3 Å². The SMILES string of the molecule is [2H]C([2H])([2H])n1c(=O)n(C([2H])([2H])[2H])c2cc(-c3ccc(Cl)cc3)ccc21. The summed E-state index contributed by atoms with van der Waals surface area (Å²) < 4.78 is 46.5. The Morgan fingerprint density at radius 1 is 0.947 bits per heavy atom. The van der Waals surface area contributed by atoms with Crippen LogP contribution in [0.1, 0.15) is 8.22 Å². The van der Waals surface area contributed by atoms with E-state index in [9.17, 15) is 4.79 Å². The maximum atomic E-state index is 12.5. The summed E-state index contributed by atoms with van der Waals surface area (Å²) >= 11 is 5.87. The Balaban J connectivity index is 2.36. The van der Waals surface area contributed by atoms with Crippen molar-refractivity contribution in [1.29, 1.82) is 0 Å². The van der Waals surface area contributed by atoms with E-state index >= 15 is 0 Å². The van der Waals surface area contributed by atoms with Gasteiger partial charge < -0.3 is 0 Å². The van der Waals surface area contributed by atoms with Gasteiger partial charge in [0.2, 0.25) is 0 Å². The normalized spacial score (nSPS) is 17.1. The van der Waals surface area contributed by atoms with Crippen LogP contribution in [0.5, 0.6) is 0 Å². The highest BCUT2D eigenvalue weighted by molar-refractivity contribution is 6.30. The summed E-state index contributed by atoms with van der Waals surface area (Å²) in [5.41, 5.74) is 0.387. The summed E-state index contributed by atoms with van der Waals surface area (Å²) in [4.78, 5) is 12.5. The first-order valence-corrected chi connectivity index (χ1v) is 5.92. The van der Waals surface area contributed by atoms with Crippen LogP contribution in [-0.2, 0) is 14.0 Å². The molecule has 0 radical (unpaired) electrons. The van der Waals surface area contributed by atoms with Gasteiger partial charge in [-0.1, -0.05) is 29.8 Å². The molecule has 0 atom stereocenters. The molecule has 1 aromatic heterocycles. The van der Waals surface area contributed by atoms with Gasteiger partial charge in [0.15, 0.2) is 0 Å². The number of aromatic nitrogens is 2. The van der Waals surface area contributed by atoms with Crippen LogP contribution in [-0.4, -0.2) is 9.13 Å². The molecule has 0 amide bonds. The Kier molecular flexibility index (Phi) is 1.57. The van der Waals surface area contributed by atoms with Gasteiger partial charge in [-0.15, -0.1) is 0 Å². The number of benzene rings is 2. The molecule has 0 aliphatic carbocycles. The Morgan fingerprint density at radius 2 is 1.58 bits per heavy atom. The summed E-state index contributed by atoms with van der Waals surface area (Å²) in [5, 5.41) is 0.554. The van der Waals surface area contributed by atoms with Gasteiger partial charge in [-0.3, -0.25) is 9.13 Å². The number of imidazole rings is 1. The van der Waals surface area contributed by atoms with E-state index in [0.717, 1.165) is 5.56 Å². The summed E-state index contributed by atoms with van der Waals surface area (Å²) in [6.07, 6.45) is 0. The molecule has 0 unspecified atom stereocenters. The van der Waals surface area contributed by atoms with Gasteiger partial charge in [-0.05, 0) is 35.4 Å². The van der Waals surface area contributed by atoms with Gasteiger partial charge in [-0.2, -0.15) is 0 Å². The molecular weight excluding hydrogens is 260 g/mol. The third kappa shape index (κ3) is 1.87. The second kappa shape index (κ2) is 4.28. The number of aryl methyl sites for hydroxylation is 2. The zero-order valence-electron chi connectivity index (χ0n) is 15.7. The minimum atomic E-state index is -2.80. The van der Waals surface area contributed by atoms with Crippen molar-refractivity contribution in [3.63, 3.8) is 0 Å². The van der Waals surface area contributed by atoms with Crippen LogP contribution in [0.4, 0.5) is 0 Å². The quantitative estimate of drug-likeness (QED) is 0.671. The molecule has 4 heteroatoms. The Bertz CT molecular complexity index is 998. The molecule has 0 aliphatic heterocycles. The average Bonchev–Trinajstić information content (AvgIpc) is 2.78. The summed E-state index contributed by atoms with van der Waals surface area (Å²) in [6, 6.07) is 11.4. The van der Waals surface area contributed by atoms with Crippen molar-refractivity contribution in [2.45, 2.75) is 0 Å². The van der Waals surface area contributed by atoms with Crippen molar-refractivity contribution in [2.75, 3.05) is 0 Å². The van der Waals surface area contributed by atoms with E-state index in [0.29, 0.717) is 19.7 Å². The minimum Gasteiger partial charge on any atom is -0.295 e. The lowest BCUT2D eigenvalue weighted by molar-refractivity contribution is 0.795. The molecule has 0 N–H and O–H groups in total. The number of nitrogens with zero attached hydrogens (tertiary/aromatic N) is 2. The van der Waals surface area contributed by atoms with Crippen molar-refractivity contribution in [2.24, 2.45) is 14.0 Å². The maximum absolute atomic E-state index is 12.5. The van der Waals surface area contributed by atoms with Gasteiger partial charge in [0, 0.05) is 27.2 Å². The van der Waals surface area contributed by atoms with Crippen molar-refractivity contribution in [1.82, 2.24) is 9.13 Å². The summed E-state index contributed by atoms with van der Waals surface area (Å²) in [7, 11) is 0. The number of fused-ring (bicyclic) bond motifs is 1. The summed E-state index contributed by atoms with van der Waals surface area (Å²) in [6.45, 7) is -5.59. The van der Waals surface area contributed by atoms with E-state index < -0.39 is 19.6 Å². The van der Waals surface area contributed by atoms with Crippen LogP contribution in [0, 0.1) is 0 Å². The van der Waals surface area contributed by atoms with Crippen LogP contribution in [0.25, 0.3) is 22.2 Å².